The van der Waals surface area contributed by atoms with Gasteiger partial charge < -0.3 is 10.5 Å². The number of benzene rings is 3. The first-order chi connectivity index (χ1) is 18.3. The van der Waals surface area contributed by atoms with Crippen LogP contribution < -0.4 is 15.4 Å². The van der Waals surface area contributed by atoms with Gasteiger partial charge >= 0.3 is 0 Å². The number of nitriles is 1. The molecule has 5 rings (SSSR count). The molecule has 1 atom stereocenters. The molecule has 1 aliphatic carbocycles. The Labute approximate surface area is 230 Å². The molecular formula is C31H27BrFN3O2. The van der Waals surface area contributed by atoms with E-state index in [0.717, 1.165) is 38.2 Å². The van der Waals surface area contributed by atoms with Crippen molar-refractivity contribution >= 4 is 27.4 Å². The molecule has 0 fully saturated rings. The van der Waals surface area contributed by atoms with Gasteiger partial charge in [0.15, 0.2) is 5.78 Å². The zero-order chi connectivity index (χ0) is 27.0. The highest BCUT2D eigenvalue weighted by Gasteiger charge is 2.41. The minimum Gasteiger partial charge on any atom is -0.488 e. The van der Waals surface area contributed by atoms with Crippen LogP contribution in [0.1, 0.15) is 47.4 Å². The number of nitrogens with two attached hydrogens (primary N) is 1. The van der Waals surface area contributed by atoms with Gasteiger partial charge in [-0.05, 0) is 95.2 Å². The van der Waals surface area contributed by atoms with Crippen molar-refractivity contribution in [2.45, 2.75) is 45.6 Å². The van der Waals surface area contributed by atoms with E-state index in [4.69, 9.17) is 10.5 Å². The van der Waals surface area contributed by atoms with E-state index in [0.29, 0.717) is 37.1 Å². The van der Waals surface area contributed by atoms with Gasteiger partial charge in [-0.15, -0.1) is 0 Å². The SMILES string of the molecule is Cc1cc(C)c(C2C(C#N)=C(N)N(c3cccc(F)c3)C3=C2C(=O)CCC3)cc1COc1ccccc1Br. The zero-order valence-electron chi connectivity index (χ0n) is 21.2. The summed E-state index contributed by atoms with van der Waals surface area (Å²) in [5.74, 6) is -0.0714. The fourth-order valence-electron chi connectivity index (χ4n) is 5.41. The van der Waals surface area contributed by atoms with Crippen LogP contribution in [0.4, 0.5) is 10.1 Å². The van der Waals surface area contributed by atoms with Crippen LogP contribution in [-0.2, 0) is 11.4 Å². The number of ether oxygens (including phenoxy) is 1. The van der Waals surface area contributed by atoms with Crippen molar-refractivity contribution in [1.29, 1.82) is 5.26 Å². The molecule has 192 valence electrons. The Hall–Kier alpha value is -3.89. The number of ketones is 1. The molecule has 0 amide bonds. The predicted octanol–water partition coefficient (Wildman–Crippen LogP) is 7.09. The topological polar surface area (TPSA) is 79.4 Å². The van der Waals surface area contributed by atoms with Gasteiger partial charge in [0, 0.05) is 17.7 Å². The number of hydrogen-bond donors (Lipinski definition) is 1. The van der Waals surface area contributed by atoms with Crippen molar-refractivity contribution < 1.29 is 13.9 Å². The maximum atomic E-state index is 14.2. The van der Waals surface area contributed by atoms with Gasteiger partial charge in [0.1, 0.15) is 24.0 Å². The zero-order valence-corrected chi connectivity index (χ0v) is 22.8. The molecule has 38 heavy (non-hydrogen) atoms. The van der Waals surface area contributed by atoms with E-state index < -0.39 is 11.7 Å². The molecule has 7 heteroatoms. The quantitative estimate of drug-likeness (QED) is 0.353. The molecular weight excluding hydrogens is 545 g/mol. The largest absolute Gasteiger partial charge is 0.488 e. The Morgan fingerprint density at radius 2 is 1.89 bits per heavy atom. The van der Waals surface area contributed by atoms with Gasteiger partial charge in [0.25, 0.3) is 0 Å². The number of Topliss-reactive ketones (excluding diaryl/α,β-unsaturated/α-hetero) is 1. The van der Waals surface area contributed by atoms with Crippen molar-refractivity contribution in [3.63, 3.8) is 0 Å². The molecule has 0 saturated carbocycles. The molecule has 0 bridgehead atoms. The summed E-state index contributed by atoms with van der Waals surface area (Å²) in [4.78, 5) is 15.2. The van der Waals surface area contributed by atoms with Crippen LogP contribution in [0.25, 0.3) is 0 Å². The number of halogens is 2. The lowest BCUT2D eigenvalue weighted by atomic mass is 9.74. The Bertz CT molecular complexity index is 1550. The van der Waals surface area contributed by atoms with E-state index >= 15 is 0 Å². The Balaban J connectivity index is 1.64. The number of rotatable bonds is 5. The Morgan fingerprint density at radius 3 is 2.63 bits per heavy atom. The molecule has 1 heterocycles. The van der Waals surface area contributed by atoms with Crippen molar-refractivity contribution in [1.82, 2.24) is 0 Å². The maximum Gasteiger partial charge on any atom is 0.161 e. The molecule has 5 nitrogen and oxygen atoms in total. The third kappa shape index (κ3) is 4.61. The van der Waals surface area contributed by atoms with Crippen molar-refractivity contribution in [2.75, 3.05) is 4.90 Å². The Kier molecular flexibility index (Phi) is 7.09. The van der Waals surface area contributed by atoms with Crippen molar-refractivity contribution in [2.24, 2.45) is 5.73 Å². The lowest BCUT2D eigenvalue weighted by Gasteiger charge is -2.40. The van der Waals surface area contributed by atoms with E-state index in [-0.39, 0.29) is 17.2 Å². The number of carbonyl (C=O) groups is 1. The summed E-state index contributed by atoms with van der Waals surface area (Å²) in [7, 11) is 0. The molecule has 3 aromatic rings. The van der Waals surface area contributed by atoms with Crippen LogP contribution in [0.5, 0.6) is 5.75 Å². The first-order valence-corrected chi connectivity index (χ1v) is 13.3. The molecule has 1 aliphatic heterocycles. The summed E-state index contributed by atoms with van der Waals surface area (Å²) in [5, 5.41) is 10.3. The van der Waals surface area contributed by atoms with Crippen LogP contribution in [-0.4, -0.2) is 5.78 Å². The number of hydrogen-bond acceptors (Lipinski definition) is 5. The lowest BCUT2D eigenvalue weighted by Crippen LogP contribution is -2.39. The minimum atomic E-state index is -0.601. The maximum absolute atomic E-state index is 14.2. The number of anilines is 1. The van der Waals surface area contributed by atoms with Crippen LogP contribution in [0.2, 0.25) is 0 Å². The second-order valence-electron chi connectivity index (χ2n) is 9.65. The summed E-state index contributed by atoms with van der Waals surface area (Å²) in [5.41, 5.74) is 12.6. The van der Waals surface area contributed by atoms with E-state index in [2.05, 4.69) is 28.1 Å². The third-order valence-electron chi connectivity index (χ3n) is 7.24. The molecule has 2 N–H and O–H groups in total. The van der Waals surface area contributed by atoms with Gasteiger partial charge in [-0.2, -0.15) is 5.26 Å². The van der Waals surface area contributed by atoms with Crippen molar-refractivity contribution in [3.05, 3.63) is 116 Å². The summed E-state index contributed by atoms with van der Waals surface area (Å²) in [6.07, 6.45) is 1.67. The molecule has 0 spiro atoms. The average molecular weight is 572 g/mol. The van der Waals surface area contributed by atoms with E-state index in [1.165, 1.54) is 12.1 Å². The van der Waals surface area contributed by atoms with Gasteiger partial charge in [0.05, 0.1) is 27.7 Å². The van der Waals surface area contributed by atoms with Gasteiger partial charge in [-0.25, -0.2) is 4.39 Å². The molecule has 1 unspecified atom stereocenters. The minimum absolute atomic E-state index is 0.0103. The molecule has 3 aromatic carbocycles. The van der Waals surface area contributed by atoms with Crippen LogP contribution in [0.3, 0.4) is 0 Å². The van der Waals surface area contributed by atoms with Crippen molar-refractivity contribution in [3.8, 4) is 11.8 Å². The van der Waals surface area contributed by atoms with Crippen LogP contribution >= 0.6 is 15.9 Å². The second kappa shape index (κ2) is 10.5. The van der Waals surface area contributed by atoms with E-state index in [9.17, 15) is 14.4 Å². The number of allylic oxidation sites excluding steroid dienone is 3. The summed E-state index contributed by atoms with van der Waals surface area (Å²) in [6, 6.07) is 20.1. The van der Waals surface area contributed by atoms with Gasteiger partial charge in [0.2, 0.25) is 0 Å². The van der Waals surface area contributed by atoms with E-state index in [1.54, 1.807) is 17.0 Å². The predicted molar refractivity (Wildman–Crippen MR) is 149 cm³/mol. The standard InChI is InChI=1S/C31H27BrFN3O2/c1-18-13-19(2)23(14-20(18)17-38-28-12-4-3-9-25(28)32)29-24(16-34)31(35)36(22-8-5-7-21(33)15-22)26-10-6-11-27(37)30(26)29/h3-5,7-9,12-15,29H,6,10-11,17,35H2,1-2H3. The normalized spacial score (nSPS) is 17.4. The number of carbonyl (C=O) groups excluding carboxylic acids is 1. The summed E-state index contributed by atoms with van der Waals surface area (Å²) in [6.45, 7) is 4.33. The number of nitrogens with zero attached hydrogens (tertiary/aromatic N) is 2. The highest BCUT2D eigenvalue weighted by atomic mass is 79.9. The smallest absolute Gasteiger partial charge is 0.161 e. The summed E-state index contributed by atoms with van der Waals surface area (Å²) >= 11 is 3.52. The highest BCUT2D eigenvalue weighted by molar-refractivity contribution is 9.10. The number of aryl methyl sites for hydroxylation is 2. The van der Waals surface area contributed by atoms with Gasteiger partial charge in [-0.1, -0.05) is 30.3 Å². The third-order valence-corrected chi connectivity index (χ3v) is 7.89. The molecule has 0 radical (unpaired) electrons. The van der Waals surface area contributed by atoms with Crippen LogP contribution in [0.15, 0.2) is 87.8 Å². The highest BCUT2D eigenvalue weighted by Crippen LogP contribution is 2.47. The molecule has 0 aromatic heterocycles. The number of para-hydroxylation sites is 1. The monoisotopic (exact) mass is 571 g/mol. The fourth-order valence-corrected chi connectivity index (χ4v) is 5.81. The first-order valence-electron chi connectivity index (χ1n) is 12.5. The van der Waals surface area contributed by atoms with E-state index in [1.807, 2.05) is 44.2 Å². The molecule has 0 saturated heterocycles. The van der Waals surface area contributed by atoms with Gasteiger partial charge in [-0.3, -0.25) is 9.69 Å². The summed E-state index contributed by atoms with van der Waals surface area (Å²) < 4.78 is 21.1. The average Bonchev–Trinajstić information content (AvgIpc) is 2.89. The lowest BCUT2D eigenvalue weighted by molar-refractivity contribution is -0.116. The Morgan fingerprint density at radius 1 is 1.11 bits per heavy atom. The first kappa shape index (κ1) is 25.7. The second-order valence-corrected chi connectivity index (χ2v) is 10.5. The fraction of sp³-hybridized carbons (Fsp3) is 0.226. The van der Waals surface area contributed by atoms with Crippen LogP contribution in [0, 0.1) is 31.0 Å². The molecule has 2 aliphatic rings.